The molecule has 164 valence electrons. The monoisotopic (exact) mass is 439 g/mol. The van der Waals surface area contributed by atoms with Crippen LogP contribution < -0.4 is 0 Å². The second kappa shape index (κ2) is 9.38. The number of carbonyl (C=O) groups excluding carboxylic acids is 1. The summed E-state index contributed by atoms with van der Waals surface area (Å²) < 4.78 is 0. The van der Waals surface area contributed by atoms with Gasteiger partial charge in [-0.05, 0) is 24.6 Å². The van der Waals surface area contributed by atoms with Crippen molar-refractivity contribution in [3.05, 3.63) is 52.6 Å². The minimum Gasteiger partial charge on any atom is -0.395 e. The van der Waals surface area contributed by atoms with Gasteiger partial charge in [-0.25, -0.2) is 15.0 Å². The van der Waals surface area contributed by atoms with Crippen LogP contribution in [0.3, 0.4) is 0 Å². The number of aliphatic hydroxyl groups excluding tert-OH is 1. The fourth-order valence-corrected chi connectivity index (χ4v) is 5.38. The maximum absolute atomic E-state index is 13.1. The van der Waals surface area contributed by atoms with Gasteiger partial charge < -0.3 is 10.0 Å². The van der Waals surface area contributed by atoms with E-state index in [2.05, 4.69) is 39.8 Å². The summed E-state index contributed by atoms with van der Waals surface area (Å²) in [7, 11) is 1.74. The van der Waals surface area contributed by atoms with Crippen molar-refractivity contribution < 1.29 is 9.90 Å². The molecular formula is C23H29N5O2S. The average molecular weight is 440 g/mol. The summed E-state index contributed by atoms with van der Waals surface area (Å²) in [5.41, 5.74) is 2.22. The molecule has 0 radical (unpaired) electrons. The topological polar surface area (TPSA) is 82.5 Å². The normalized spacial score (nSPS) is 17.0. The van der Waals surface area contributed by atoms with Gasteiger partial charge in [0.2, 0.25) is 0 Å². The molecule has 1 fully saturated rings. The Morgan fingerprint density at radius 1 is 1.32 bits per heavy atom. The van der Waals surface area contributed by atoms with Gasteiger partial charge in [0, 0.05) is 68.1 Å². The number of amides is 1. The molecule has 0 bridgehead atoms. The van der Waals surface area contributed by atoms with Crippen LogP contribution in [0.1, 0.15) is 58.7 Å². The number of likely N-dealkylation sites (tertiary alicyclic amines) is 1. The van der Waals surface area contributed by atoms with Gasteiger partial charge in [-0.2, -0.15) is 0 Å². The van der Waals surface area contributed by atoms with Crippen LogP contribution in [0.5, 0.6) is 0 Å². The van der Waals surface area contributed by atoms with Gasteiger partial charge in [0.25, 0.3) is 5.91 Å². The molecule has 1 saturated heterocycles. The molecule has 8 heteroatoms. The molecule has 3 aromatic heterocycles. The molecule has 4 rings (SSSR count). The predicted octanol–water partition coefficient (Wildman–Crippen LogP) is 3.26. The number of rotatable bonds is 7. The van der Waals surface area contributed by atoms with Gasteiger partial charge in [0.1, 0.15) is 10.7 Å². The molecule has 0 spiro atoms. The lowest BCUT2D eigenvalue weighted by Crippen LogP contribution is -2.29. The van der Waals surface area contributed by atoms with Crippen molar-refractivity contribution >= 4 is 27.5 Å². The number of aromatic nitrogens is 3. The molecule has 0 aromatic carbocycles. The van der Waals surface area contributed by atoms with Crippen LogP contribution in [-0.2, 0) is 6.54 Å². The van der Waals surface area contributed by atoms with Crippen LogP contribution in [0, 0.1) is 0 Å². The lowest BCUT2D eigenvalue weighted by atomic mass is 9.95. The van der Waals surface area contributed by atoms with E-state index >= 15 is 0 Å². The van der Waals surface area contributed by atoms with E-state index < -0.39 is 0 Å². The predicted molar refractivity (Wildman–Crippen MR) is 122 cm³/mol. The zero-order valence-corrected chi connectivity index (χ0v) is 19.1. The number of hydrogen-bond acceptors (Lipinski definition) is 7. The molecule has 4 heterocycles. The number of hydrogen-bond donors (Lipinski definition) is 1. The molecule has 31 heavy (non-hydrogen) atoms. The first-order valence-corrected chi connectivity index (χ1v) is 11.6. The Hall–Kier alpha value is -2.42. The van der Waals surface area contributed by atoms with Crippen molar-refractivity contribution in [2.24, 2.45) is 0 Å². The smallest absolute Gasteiger partial charge is 0.264 e. The molecule has 1 aliphatic rings. The van der Waals surface area contributed by atoms with E-state index in [1.165, 1.54) is 11.3 Å². The van der Waals surface area contributed by atoms with Crippen molar-refractivity contribution in [2.45, 2.75) is 38.6 Å². The lowest BCUT2D eigenvalue weighted by Gasteiger charge is -2.19. The lowest BCUT2D eigenvalue weighted by molar-refractivity contribution is 0.0770. The Balaban J connectivity index is 1.56. The highest BCUT2D eigenvalue weighted by molar-refractivity contribution is 7.20. The van der Waals surface area contributed by atoms with E-state index in [0.29, 0.717) is 12.5 Å². The first-order chi connectivity index (χ1) is 15.0. The van der Waals surface area contributed by atoms with Gasteiger partial charge in [-0.15, -0.1) is 11.3 Å². The maximum Gasteiger partial charge on any atom is 0.264 e. The Morgan fingerprint density at radius 3 is 2.81 bits per heavy atom. The van der Waals surface area contributed by atoms with Gasteiger partial charge in [0.05, 0.1) is 11.5 Å². The summed E-state index contributed by atoms with van der Waals surface area (Å²) in [6.45, 7) is 7.13. The highest BCUT2D eigenvalue weighted by atomic mass is 32.1. The van der Waals surface area contributed by atoms with Gasteiger partial charge >= 0.3 is 0 Å². The number of carbonyl (C=O) groups is 1. The van der Waals surface area contributed by atoms with E-state index in [0.717, 1.165) is 58.1 Å². The van der Waals surface area contributed by atoms with Crippen LogP contribution in [0.2, 0.25) is 0 Å². The van der Waals surface area contributed by atoms with E-state index in [1.807, 2.05) is 18.5 Å². The van der Waals surface area contributed by atoms with Crippen LogP contribution in [0.15, 0.2) is 30.7 Å². The molecule has 0 aliphatic carbocycles. The number of fused-ring (bicyclic) bond motifs is 1. The highest BCUT2D eigenvalue weighted by Crippen LogP contribution is 2.40. The third-order valence-corrected chi connectivity index (χ3v) is 6.93. The third kappa shape index (κ3) is 4.61. The van der Waals surface area contributed by atoms with Crippen molar-refractivity contribution in [3.63, 3.8) is 0 Å². The largest absolute Gasteiger partial charge is 0.395 e. The molecule has 1 N–H and O–H groups in total. The Morgan fingerprint density at radius 2 is 2.10 bits per heavy atom. The third-order valence-electron chi connectivity index (χ3n) is 5.81. The summed E-state index contributed by atoms with van der Waals surface area (Å²) >= 11 is 1.46. The second-order valence-corrected chi connectivity index (χ2v) is 9.48. The van der Waals surface area contributed by atoms with Gasteiger partial charge in [-0.1, -0.05) is 19.9 Å². The van der Waals surface area contributed by atoms with Crippen molar-refractivity contribution in [1.29, 1.82) is 0 Å². The Kier molecular flexibility index (Phi) is 6.60. The summed E-state index contributed by atoms with van der Waals surface area (Å²) in [6.07, 6.45) is 6.63. The zero-order valence-electron chi connectivity index (χ0n) is 18.3. The number of thiophene rings is 1. The fourth-order valence-electron chi connectivity index (χ4n) is 4.15. The number of aliphatic hydroxyl groups is 1. The second-order valence-electron chi connectivity index (χ2n) is 8.48. The molecule has 1 aliphatic heterocycles. The Labute approximate surface area is 186 Å². The first-order valence-electron chi connectivity index (χ1n) is 10.7. The van der Waals surface area contributed by atoms with E-state index in [1.54, 1.807) is 18.1 Å². The Bertz CT molecular complexity index is 1050. The molecule has 3 aromatic rings. The van der Waals surface area contributed by atoms with Crippen molar-refractivity contribution in [3.8, 4) is 0 Å². The van der Waals surface area contributed by atoms with Crippen LogP contribution >= 0.6 is 11.3 Å². The standard InChI is InChI=1S/C23H29N5O2S/c1-15(2)21-25-11-16(12-26-21)13-28-8-6-17(14-28)19-18-5-4-7-24-22(18)31-20(19)23(30)27(3)9-10-29/h4-5,7,11-12,15,17,29H,6,8-10,13-14H2,1-3H3/t17-/m1/s1. The first kappa shape index (κ1) is 21.8. The molecule has 1 atom stereocenters. The molecule has 7 nitrogen and oxygen atoms in total. The highest BCUT2D eigenvalue weighted by Gasteiger charge is 2.31. The summed E-state index contributed by atoms with van der Waals surface area (Å²) in [6, 6.07) is 4.00. The van der Waals surface area contributed by atoms with Crippen LogP contribution in [0.25, 0.3) is 10.2 Å². The summed E-state index contributed by atoms with van der Waals surface area (Å²) in [5, 5.41) is 10.3. The van der Waals surface area contributed by atoms with E-state index in [4.69, 9.17) is 0 Å². The van der Waals surface area contributed by atoms with Crippen LogP contribution in [-0.4, -0.2) is 69.1 Å². The molecule has 0 unspecified atom stereocenters. The molecular weight excluding hydrogens is 410 g/mol. The minimum absolute atomic E-state index is 0.0387. The van der Waals surface area contributed by atoms with E-state index in [-0.39, 0.29) is 18.4 Å². The number of pyridine rings is 1. The molecule has 0 saturated carbocycles. The van der Waals surface area contributed by atoms with Crippen molar-refractivity contribution in [2.75, 3.05) is 33.3 Å². The molecule has 1 amide bonds. The van der Waals surface area contributed by atoms with E-state index in [9.17, 15) is 9.90 Å². The SMILES string of the molecule is CC(C)c1ncc(CN2CC[C@@H](c3c(C(=O)N(C)CCO)sc4ncccc34)C2)cn1. The summed E-state index contributed by atoms with van der Waals surface area (Å²) in [4.78, 5) is 32.2. The summed E-state index contributed by atoms with van der Waals surface area (Å²) in [5.74, 6) is 1.43. The zero-order chi connectivity index (χ0) is 22.0. The fraction of sp³-hybridized carbons (Fsp3) is 0.478. The maximum atomic E-state index is 13.1. The quantitative estimate of drug-likeness (QED) is 0.608. The number of likely N-dealkylation sites (N-methyl/N-ethyl adjacent to an activating group) is 1. The van der Waals surface area contributed by atoms with Gasteiger partial charge in [0.15, 0.2) is 0 Å². The van der Waals surface area contributed by atoms with Gasteiger partial charge in [-0.3, -0.25) is 9.69 Å². The minimum atomic E-state index is -0.0460. The van der Waals surface area contributed by atoms with Crippen molar-refractivity contribution in [1.82, 2.24) is 24.8 Å². The average Bonchev–Trinajstić information content (AvgIpc) is 3.37. The van der Waals surface area contributed by atoms with Crippen LogP contribution in [0.4, 0.5) is 0 Å². The number of nitrogens with zero attached hydrogens (tertiary/aromatic N) is 5.